The van der Waals surface area contributed by atoms with E-state index in [2.05, 4.69) is 25.2 Å². The smallest absolute Gasteiger partial charge is 0.0950 e. The molecule has 1 aromatic rings. The Hall–Kier alpha value is -0.570. The maximum Gasteiger partial charge on any atom is 0.0950 e. The first-order chi connectivity index (χ1) is 7.66. The van der Waals surface area contributed by atoms with Crippen molar-refractivity contribution in [3.05, 3.63) is 34.3 Å². The van der Waals surface area contributed by atoms with Crippen molar-refractivity contribution in [1.29, 1.82) is 0 Å². The number of halogens is 1. The van der Waals surface area contributed by atoms with Crippen LogP contribution < -0.4 is 5.32 Å². The van der Waals surface area contributed by atoms with E-state index < -0.39 is 0 Å². The molecule has 1 saturated heterocycles. The summed E-state index contributed by atoms with van der Waals surface area (Å²) in [7, 11) is 0. The third-order valence-electron chi connectivity index (χ3n) is 2.91. The van der Waals surface area contributed by atoms with Gasteiger partial charge in [0.25, 0.3) is 0 Å². The number of hydrogen-bond acceptors (Lipinski definition) is 2. The van der Waals surface area contributed by atoms with Crippen LogP contribution in [-0.2, 0) is 4.74 Å². The lowest BCUT2D eigenvalue weighted by Crippen LogP contribution is -2.33. The van der Waals surface area contributed by atoms with E-state index >= 15 is 0 Å². The van der Waals surface area contributed by atoms with Crippen molar-refractivity contribution in [3.63, 3.8) is 0 Å². The van der Waals surface area contributed by atoms with Gasteiger partial charge in [0.05, 0.1) is 12.7 Å². The first-order valence-electron chi connectivity index (χ1n) is 5.79. The van der Waals surface area contributed by atoms with E-state index in [0.717, 1.165) is 24.7 Å². The number of ether oxygens (including phenoxy) is 1. The zero-order valence-corrected chi connectivity index (χ0v) is 10.6. The summed E-state index contributed by atoms with van der Waals surface area (Å²) >= 11 is 6.14. The highest BCUT2D eigenvalue weighted by Gasteiger charge is 2.17. The summed E-state index contributed by atoms with van der Waals surface area (Å²) in [4.78, 5) is 0. The summed E-state index contributed by atoms with van der Waals surface area (Å²) < 4.78 is 5.73. The van der Waals surface area contributed by atoms with Crippen LogP contribution in [0.3, 0.4) is 0 Å². The van der Waals surface area contributed by atoms with Crippen LogP contribution in [-0.4, -0.2) is 19.7 Å². The number of benzene rings is 1. The van der Waals surface area contributed by atoms with Crippen LogP contribution in [0.25, 0.3) is 0 Å². The van der Waals surface area contributed by atoms with Crippen LogP contribution in [0.5, 0.6) is 0 Å². The maximum absolute atomic E-state index is 6.14. The normalized spacial score (nSPS) is 21.4. The van der Waals surface area contributed by atoms with Crippen LogP contribution >= 0.6 is 11.6 Å². The highest BCUT2D eigenvalue weighted by atomic mass is 35.5. The molecule has 1 heterocycles. The highest BCUT2D eigenvalue weighted by molar-refractivity contribution is 6.30. The first kappa shape index (κ1) is 11.9. The molecule has 1 aromatic carbocycles. The molecule has 0 bridgehead atoms. The highest BCUT2D eigenvalue weighted by Crippen LogP contribution is 2.27. The number of nitrogens with one attached hydrogen (secondary N) is 1. The quantitative estimate of drug-likeness (QED) is 0.856. The summed E-state index contributed by atoms with van der Waals surface area (Å²) in [6.45, 7) is 6.94. The van der Waals surface area contributed by atoms with Crippen LogP contribution in [0.15, 0.2) is 18.2 Å². The van der Waals surface area contributed by atoms with Gasteiger partial charge in [0, 0.05) is 18.1 Å². The van der Waals surface area contributed by atoms with E-state index in [4.69, 9.17) is 16.3 Å². The summed E-state index contributed by atoms with van der Waals surface area (Å²) in [5, 5.41) is 4.13. The van der Waals surface area contributed by atoms with Crippen LogP contribution in [0, 0.1) is 0 Å². The zero-order chi connectivity index (χ0) is 11.5. The predicted molar refractivity (Wildman–Crippen MR) is 67.1 cm³/mol. The minimum absolute atomic E-state index is 0.143. The average molecular weight is 240 g/mol. The lowest BCUT2D eigenvalue weighted by atomic mass is 9.98. The maximum atomic E-state index is 6.14. The number of morpholine rings is 1. The van der Waals surface area contributed by atoms with Gasteiger partial charge in [-0.25, -0.2) is 0 Å². The SMILES string of the molecule is CC(C)c1cc(Cl)cc(C2CNCCO2)c1. The van der Waals surface area contributed by atoms with Crippen molar-refractivity contribution >= 4 is 11.6 Å². The minimum Gasteiger partial charge on any atom is -0.371 e. The molecule has 88 valence electrons. The molecule has 16 heavy (non-hydrogen) atoms. The van der Waals surface area contributed by atoms with Crippen molar-refractivity contribution in [1.82, 2.24) is 5.32 Å². The molecule has 0 amide bonds. The Morgan fingerprint density at radius 3 is 2.81 bits per heavy atom. The van der Waals surface area contributed by atoms with Gasteiger partial charge in [-0.15, -0.1) is 0 Å². The van der Waals surface area contributed by atoms with Gasteiger partial charge in [0.15, 0.2) is 0 Å². The molecule has 3 heteroatoms. The van der Waals surface area contributed by atoms with Gasteiger partial charge in [0.1, 0.15) is 0 Å². The Morgan fingerprint density at radius 2 is 2.19 bits per heavy atom. The van der Waals surface area contributed by atoms with Gasteiger partial charge >= 0.3 is 0 Å². The summed E-state index contributed by atoms with van der Waals surface area (Å²) in [5.41, 5.74) is 2.46. The lowest BCUT2D eigenvalue weighted by Gasteiger charge is -2.25. The fraction of sp³-hybridized carbons (Fsp3) is 0.538. The van der Waals surface area contributed by atoms with Crippen molar-refractivity contribution in [2.75, 3.05) is 19.7 Å². The fourth-order valence-corrected chi connectivity index (χ4v) is 2.19. The van der Waals surface area contributed by atoms with Gasteiger partial charge in [-0.1, -0.05) is 31.5 Å². The Labute approximate surface area is 102 Å². The fourth-order valence-electron chi connectivity index (χ4n) is 1.93. The summed E-state index contributed by atoms with van der Waals surface area (Å²) in [6, 6.07) is 6.24. The monoisotopic (exact) mass is 239 g/mol. The van der Waals surface area contributed by atoms with Crippen LogP contribution in [0.4, 0.5) is 0 Å². The van der Waals surface area contributed by atoms with Crippen molar-refractivity contribution in [2.24, 2.45) is 0 Å². The molecule has 1 fully saturated rings. The van der Waals surface area contributed by atoms with E-state index in [1.54, 1.807) is 0 Å². The first-order valence-corrected chi connectivity index (χ1v) is 6.17. The van der Waals surface area contributed by atoms with Crippen molar-refractivity contribution in [3.8, 4) is 0 Å². The van der Waals surface area contributed by atoms with E-state index in [0.29, 0.717) is 5.92 Å². The van der Waals surface area contributed by atoms with E-state index in [-0.39, 0.29) is 6.10 Å². The standard InChI is InChI=1S/C13H18ClNO/c1-9(2)10-5-11(7-12(14)6-10)13-8-15-3-4-16-13/h5-7,9,13,15H,3-4,8H2,1-2H3. The molecular weight excluding hydrogens is 222 g/mol. The molecule has 0 spiro atoms. The molecule has 1 aliphatic heterocycles. The molecule has 1 unspecified atom stereocenters. The Balaban J connectivity index is 2.25. The second-order valence-corrected chi connectivity index (χ2v) is 4.97. The molecule has 1 N–H and O–H groups in total. The molecule has 0 radical (unpaired) electrons. The van der Waals surface area contributed by atoms with Gasteiger partial charge in [0.2, 0.25) is 0 Å². The molecule has 1 atom stereocenters. The van der Waals surface area contributed by atoms with Crippen LogP contribution in [0.2, 0.25) is 5.02 Å². The Bertz CT molecular complexity index is 359. The van der Waals surface area contributed by atoms with Crippen molar-refractivity contribution < 1.29 is 4.74 Å². The minimum atomic E-state index is 0.143. The van der Waals surface area contributed by atoms with Crippen molar-refractivity contribution in [2.45, 2.75) is 25.9 Å². The van der Waals surface area contributed by atoms with Gasteiger partial charge in [-0.3, -0.25) is 0 Å². The predicted octanol–water partition coefficient (Wildman–Crippen LogP) is 3.12. The Morgan fingerprint density at radius 1 is 1.38 bits per heavy atom. The molecule has 2 nitrogen and oxygen atoms in total. The zero-order valence-electron chi connectivity index (χ0n) is 9.79. The summed E-state index contributed by atoms with van der Waals surface area (Å²) in [5.74, 6) is 0.494. The third kappa shape index (κ3) is 2.76. The van der Waals surface area contributed by atoms with Gasteiger partial charge in [-0.2, -0.15) is 0 Å². The lowest BCUT2D eigenvalue weighted by molar-refractivity contribution is 0.0276. The number of hydrogen-bond donors (Lipinski definition) is 1. The number of rotatable bonds is 2. The topological polar surface area (TPSA) is 21.3 Å². The molecular formula is C13H18ClNO. The third-order valence-corrected chi connectivity index (χ3v) is 3.13. The molecule has 2 rings (SSSR count). The second-order valence-electron chi connectivity index (χ2n) is 4.54. The van der Waals surface area contributed by atoms with E-state index in [9.17, 15) is 0 Å². The van der Waals surface area contributed by atoms with E-state index in [1.807, 2.05) is 12.1 Å². The Kier molecular flexibility index (Phi) is 3.85. The molecule has 0 saturated carbocycles. The van der Waals surface area contributed by atoms with E-state index in [1.165, 1.54) is 11.1 Å². The second kappa shape index (κ2) is 5.17. The molecule has 0 aromatic heterocycles. The van der Waals surface area contributed by atoms with Gasteiger partial charge < -0.3 is 10.1 Å². The molecule has 1 aliphatic rings. The average Bonchev–Trinajstić information content (AvgIpc) is 2.29. The molecule has 0 aliphatic carbocycles. The largest absolute Gasteiger partial charge is 0.371 e. The van der Waals surface area contributed by atoms with Crippen LogP contribution in [0.1, 0.15) is 37.0 Å². The summed E-state index contributed by atoms with van der Waals surface area (Å²) in [6.07, 6.45) is 0.143. The van der Waals surface area contributed by atoms with Gasteiger partial charge in [-0.05, 0) is 29.2 Å².